The lowest BCUT2D eigenvalue weighted by atomic mass is 9.92. The third-order valence-electron chi connectivity index (χ3n) is 2.33. The van der Waals surface area contributed by atoms with E-state index in [4.69, 9.17) is 23.1 Å². The Balaban J connectivity index is 3.00. The van der Waals surface area contributed by atoms with Gasteiger partial charge in [0.15, 0.2) is 0 Å². The van der Waals surface area contributed by atoms with E-state index >= 15 is 0 Å². The number of rotatable bonds is 2. The molecule has 0 saturated heterocycles. The standard InChI is InChI=1S/C13H17ClFN3/c1-13(2,3)11(16)7-12(17)18-8-4-5-10(15)9(14)6-8/h4-7H,16H2,1-3H3,(H2,17,18)/b11-7-. The third kappa shape index (κ3) is 4.04. The Morgan fingerprint density at radius 3 is 2.44 bits per heavy atom. The van der Waals surface area contributed by atoms with Crippen molar-refractivity contribution in [3.05, 3.63) is 40.8 Å². The maximum Gasteiger partial charge on any atom is 0.141 e. The number of nitrogens with two attached hydrogens (primary N) is 2. The zero-order chi connectivity index (χ0) is 13.9. The van der Waals surface area contributed by atoms with Crippen LogP contribution < -0.4 is 11.5 Å². The average Bonchev–Trinajstić information content (AvgIpc) is 2.22. The summed E-state index contributed by atoms with van der Waals surface area (Å²) in [5, 5.41) is 0.0109. The van der Waals surface area contributed by atoms with Crippen molar-refractivity contribution in [2.24, 2.45) is 21.9 Å². The van der Waals surface area contributed by atoms with E-state index in [1.807, 2.05) is 20.8 Å². The number of nitrogens with zero attached hydrogens (tertiary/aromatic N) is 1. The fourth-order valence-electron chi connectivity index (χ4n) is 1.11. The summed E-state index contributed by atoms with van der Waals surface area (Å²) in [7, 11) is 0. The van der Waals surface area contributed by atoms with Crippen molar-refractivity contribution in [3.63, 3.8) is 0 Å². The molecule has 1 rings (SSSR count). The molecule has 0 unspecified atom stereocenters. The molecule has 1 aromatic carbocycles. The minimum absolute atomic E-state index is 0.0109. The first kappa shape index (κ1) is 14.5. The molecule has 0 amide bonds. The van der Waals surface area contributed by atoms with Gasteiger partial charge in [0, 0.05) is 11.1 Å². The molecule has 4 N–H and O–H groups in total. The number of halogens is 2. The number of hydrogen-bond acceptors (Lipinski definition) is 2. The molecule has 0 radical (unpaired) electrons. The van der Waals surface area contributed by atoms with Gasteiger partial charge in [0.1, 0.15) is 11.7 Å². The molecule has 0 bridgehead atoms. The summed E-state index contributed by atoms with van der Waals surface area (Å²) in [6.07, 6.45) is 1.59. The van der Waals surface area contributed by atoms with Gasteiger partial charge in [-0.3, -0.25) is 0 Å². The summed E-state index contributed by atoms with van der Waals surface area (Å²) in [4.78, 5) is 4.10. The molecule has 0 atom stereocenters. The van der Waals surface area contributed by atoms with Crippen molar-refractivity contribution in [2.75, 3.05) is 0 Å². The predicted molar refractivity (Wildman–Crippen MR) is 74.4 cm³/mol. The molecule has 0 aliphatic rings. The van der Waals surface area contributed by atoms with Crippen LogP contribution in [-0.2, 0) is 0 Å². The quantitative estimate of drug-likeness (QED) is 0.639. The van der Waals surface area contributed by atoms with Gasteiger partial charge in [-0.2, -0.15) is 0 Å². The van der Waals surface area contributed by atoms with Crippen molar-refractivity contribution < 1.29 is 4.39 Å². The molecule has 0 aliphatic carbocycles. The van der Waals surface area contributed by atoms with E-state index in [9.17, 15) is 4.39 Å². The van der Waals surface area contributed by atoms with Crippen LogP contribution >= 0.6 is 11.6 Å². The minimum atomic E-state index is -0.487. The first-order valence-corrected chi connectivity index (χ1v) is 5.85. The van der Waals surface area contributed by atoms with Crippen LogP contribution in [0.25, 0.3) is 0 Å². The Kier molecular flexibility index (Phi) is 4.35. The first-order valence-electron chi connectivity index (χ1n) is 5.47. The van der Waals surface area contributed by atoms with E-state index in [-0.39, 0.29) is 16.3 Å². The Hall–Kier alpha value is -1.55. The van der Waals surface area contributed by atoms with Crippen molar-refractivity contribution in [3.8, 4) is 0 Å². The molecule has 98 valence electrons. The van der Waals surface area contributed by atoms with E-state index in [2.05, 4.69) is 4.99 Å². The van der Waals surface area contributed by atoms with Crippen LogP contribution in [-0.4, -0.2) is 5.84 Å². The monoisotopic (exact) mass is 269 g/mol. The molecule has 1 aromatic rings. The Morgan fingerprint density at radius 2 is 1.94 bits per heavy atom. The minimum Gasteiger partial charge on any atom is -0.401 e. The van der Waals surface area contributed by atoms with E-state index in [0.717, 1.165) is 0 Å². The fourth-order valence-corrected chi connectivity index (χ4v) is 1.29. The van der Waals surface area contributed by atoms with E-state index in [1.54, 1.807) is 6.08 Å². The normalized spacial score (nSPS) is 13.8. The van der Waals surface area contributed by atoms with Crippen molar-refractivity contribution in [1.82, 2.24) is 0 Å². The maximum atomic E-state index is 13.0. The number of amidine groups is 1. The van der Waals surface area contributed by atoms with Crippen LogP contribution in [0.15, 0.2) is 35.0 Å². The van der Waals surface area contributed by atoms with Crippen molar-refractivity contribution >= 4 is 23.1 Å². The topological polar surface area (TPSA) is 64.4 Å². The zero-order valence-corrected chi connectivity index (χ0v) is 11.4. The summed E-state index contributed by atoms with van der Waals surface area (Å²) < 4.78 is 13.0. The summed E-state index contributed by atoms with van der Waals surface area (Å²) >= 11 is 5.65. The molecule has 0 aromatic heterocycles. The zero-order valence-electron chi connectivity index (χ0n) is 10.7. The molecule has 0 fully saturated rings. The second kappa shape index (κ2) is 5.40. The molecule has 0 heterocycles. The predicted octanol–water partition coefficient (Wildman–Crippen LogP) is 3.36. The molecule has 3 nitrogen and oxygen atoms in total. The lowest BCUT2D eigenvalue weighted by Gasteiger charge is -2.18. The number of benzene rings is 1. The molecule has 0 aliphatic heterocycles. The van der Waals surface area contributed by atoms with Gasteiger partial charge in [-0.05, 0) is 24.3 Å². The average molecular weight is 270 g/mol. The van der Waals surface area contributed by atoms with Crippen LogP contribution in [0.1, 0.15) is 20.8 Å². The lowest BCUT2D eigenvalue weighted by molar-refractivity contribution is 0.498. The highest BCUT2D eigenvalue weighted by atomic mass is 35.5. The summed E-state index contributed by atoms with van der Waals surface area (Å²) in [5.41, 5.74) is 12.5. The second-order valence-corrected chi connectivity index (χ2v) is 5.39. The molecule has 5 heteroatoms. The summed E-state index contributed by atoms with van der Waals surface area (Å²) in [5.74, 6) is -0.232. The van der Waals surface area contributed by atoms with Gasteiger partial charge in [-0.25, -0.2) is 9.38 Å². The van der Waals surface area contributed by atoms with Crippen LogP contribution in [0, 0.1) is 11.2 Å². The smallest absolute Gasteiger partial charge is 0.141 e. The molecular formula is C13H17ClFN3. The molecular weight excluding hydrogens is 253 g/mol. The van der Waals surface area contributed by atoms with E-state index < -0.39 is 5.82 Å². The highest BCUT2D eigenvalue weighted by Crippen LogP contribution is 2.23. The van der Waals surface area contributed by atoms with Gasteiger partial charge in [0.2, 0.25) is 0 Å². The van der Waals surface area contributed by atoms with Crippen LogP contribution in [0.2, 0.25) is 5.02 Å². The Labute approximate surface area is 111 Å². The molecule has 0 saturated carbocycles. The van der Waals surface area contributed by atoms with Gasteiger partial charge in [-0.15, -0.1) is 0 Å². The van der Waals surface area contributed by atoms with Crippen LogP contribution in [0.4, 0.5) is 10.1 Å². The SMILES string of the molecule is CC(C)(C)/C(N)=C/C(N)=Nc1ccc(F)c(Cl)c1. The Bertz CT molecular complexity index is 501. The third-order valence-corrected chi connectivity index (χ3v) is 2.62. The van der Waals surface area contributed by atoms with Crippen LogP contribution in [0.3, 0.4) is 0 Å². The van der Waals surface area contributed by atoms with E-state index in [0.29, 0.717) is 11.4 Å². The van der Waals surface area contributed by atoms with Crippen molar-refractivity contribution in [2.45, 2.75) is 20.8 Å². The summed E-state index contributed by atoms with van der Waals surface area (Å²) in [6, 6.07) is 4.14. The van der Waals surface area contributed by atoms with Gasteiger partial charge in [-0.1, -0.05) is 32.4 Å². The second-order valence-electron chi connectivity index (χ2n) is 4.98. The fraction of sp³-hybridized carbons (Fsp3) is 0.308. The highest BCUT2D eigenvalue weighted by Gasteiger charge is 2.13. The summed E-state index contributed by atoms with van der Waals surface area (Å²) in [6.45, 7) is 5.92. The van der Waals surface area contributed by atoms with E-state index in [1.165, 1.54) is 18.2 Å². The number of allylic oxidation sites excluding steroid dienone is 1. The van der Waals surface area contributed by atoms with Crippen LogP contribution in [0.5, 0.6) is 0 Å². The highest BCUT2D eigenvalue weighted by molar-refractivity contribution is 6.31. The van der Waals surface area contributed by atoms with Gasteiger partial charge in [0.25, 0.3) is 0 Å². The number of aliphatic imine (C=N–C) groups is 1. The first-order chi connectivity index (χ1) is 8.20. The van der Waals surface area contributed by atoms with Crippen molar-refractivity contribution in [1.29, 1.82) is 0 Å². The van der Waals surface area contributed by atoms with Gasteiger partial charge < -0.3 is 11.5 Å². The number of hydrogen-bond donors (Lipinski definition) is 2. The Morgan fingerprint density at radius 1 is 1.33 bits per heavy atom. The molecule has 18 heavy (non-hydrogen) atoms. The largest absolute Gasteiger partial charge is 0.401 e. The maximum absolute atomic E-state index is 13.0. The van der Waals surface area contributed by atoms with Gasteiger partial charge in [0.05, 0.1) is 10.7 Å². The molecule has 0 spiro atoms. The van der Waals surface area contributed by atoms with Gasteiger partial charge >= 0.3 is 0 Å². The lowest BCUT2D eigenvalue weighted by Crippen LogP contribution is -2.20.